The van der Waals surface area contributed by atoms with Crippen molar-refractivity contribution in [1.82, 2.24) is 20.2 Å². The molecule has 0 spiro atoms. The fourth-order valence-corrected chi connectivity index (χ4v) is 3.21. The van der Waals surface area contributed by atoms with Gasteiger partial charge in [0.05, 0.1) is 24.6 Å². The first-order valence-electron chi connectivity index (χ1n) is 8.59. The largest absolute Gasteiger partial charge is 0.483 e. The number of esters is 1. The van der Waals surface area contributed by atoms with Crippen LogP contribution in [0.2, 0.25) is 0 Å². The van der Waals surface area contributed by atoms with Crippen LogP contribution in [-0.2, 0) is 14.3 Å². The Morgan fingerprint density at radius 3 is 2.70 bits per heavy atom. The molecule has 9 nitrogen and oxygen atoms in total. The van der Waals surface area contributed by atoms with E-state index in [1.807, 2.05) is 31.3 Å². The van der Waals surface area contributed by atoms with Gasteiger partial charge in [0, 0.05) is 18.6 Å². The highest BCUT2D eigenvalue weighted by molar-refractivity contribution is 5.94. The number of ether oxygens (including phenoxy) is 1. The van der Waals surface area contributed by atoms with Crippen LogP contribution in [0.1, 0.15) is 29.9 Å². The summed E-state index contributed by atoms with van der Waals surface area (Å²) in [5, 5.41) is 9.82. The van der Waals surface area contributed by atoms with Crippen LogP contribution >= 0.6 is 0 Å². The van der Waals surface area contributed by atoms with Crippen molar-refractivity contribution in [3.05, 3.63) is 30.1 Å². The highest BCUT2D eigenvalue weighted by Gasteiger charge is 2.32. The number of carbonyl (C=O) groups is 3. The Morgan fingerprint density at radius 2 is 2.04 bits per heavy atom. The molecule has 1 saturated heterocycles. The number of likely N-dealkylation sites (N-methyl/N-ethyl adjacent to an activating group) is 1. The number of para-hydroxylation sites is 2. The average molecular weight is 376 g/mol. The molecule has 146 valence electrons. The molecule has 1 aliphatic rings. The number of nitrogens with zero attached hydrogens (tertiary/aromatic N) is 2. The second-order valence-electron chi connectivity index (χ2n) is 6.25. The van der Waals surface area contributed by atoms with Gasteiger partial charge in [0.15, 0.2) is 5.82 Å². The van der Waals surface area contributed by atoms with E-state index < -0.39 is 0 Å². The first-order valence-corrected chi connectivity index (χ1v) is 8.59. The number of methoxy groups -OCH3 is 1. The van der Waals surface area contributed by atoms with E-state index in [2.05, 4.69) is 20.2 Å². The number of hydrogen-bond donors (Lipinski definition) is 3. The van der Waals surface area contributed by atoms with Gasteiger partial charge in [0.25, 0.3) is 12.4 Å². The maximum atomic E-state index is 12.3. The highest BCUT2D eigenvalue weighted by Crippen LogP contribution is 2.24. The van der Waals surface area contributed by atoms with E-state index in [0.29, 0.717) is 18.8 Å². The zero-order valence-corrected chi connectivity index (χ0v) is 15.3. The van der Waals surface area contributed by atoms with E-state index in [1.54, 1.807) is 0 Å². The predicted octanol–water partition coefficient (Wildman–Crippen LogP) is 1.02. The molecule has 2 atom stereocenters. The smallest absolute Gasteiger partial charge is 0.307 e. The first kappa shape index (κ1) is 20.4. The van der Waals surface area contributed by atoms with Gasteiger partial charge in [-0.2, -0.15) is 0 Å². The van der Waals surface area contributed by atoms with Crippen LogP contribution in [0.5, 0.6) is 0 Å². The second-order valence-corrected chi connectivity index (χ2v) is 6.25. The number of aromatic amines is 1. The van der Waals surface area contributed by atoms with Gasteiger partial charge in [-0.3, -0.25) is 19.3 Å². The van der Waals surface area contributed by atoms with Crippen molar-refractivity contribution in [2.45, 2.75) is 31.3 Å². The van der Waals surface area contributed by atoms with E-state index in [9.17, 15) is 9.59 Å². The molecule has 1 aromatic heterocycles. The van der Waals surface area contributed by atoms with Crippen molar-refractivity contribution in [3.63, 3.8) is 0 Å². The Balaban J connectivity index is 0.000000817. The van der Waals surface area contributed by atoms with Crippen LogP contribution in [-0.4, -0.2) is 71.1 Å². The molecule has 0 saturated carbocycles. The van der Waals surface area contributed by atoms with Crippen molar-refractivity contribution < 1.29 is 24.2 Å². The summed E-state index contributed by atoms with van der Waals surface area (Å²) in [6, 6.07) is 7.93. The molecule has 2 heterocycles. The normalized spacial score (nSPS) is 19.2. The van der Waals surface area contributed by atoms with Gasteiger partial charge in [-0.1, -0.05) is 12.1 Å². The number of fused-ring (bicyclic) bond motifs is 1. The number of benzene rings is 1. The number of carbonyl (C=O) groups excluding carboxylic acids is 2. The summed E-state index contributed by atoms with van der Waals surface area (Å²) in [5.74, 6) is -0.0854. The molecular formula is C18H24N4O5. The van der Waals surface area contributed by atoms with Gasteiger partial charge in [0.2, 0.25) is 0 Å². The second kappa shape index (κ2) is 9.67. The van der Waals surface area contributed by atoms with Crippen molar-refractivity contribution in [2.75, 3.05) is 20.7 Å². The molecule has 1 fully saturated rings. The lowest BCUT2D eigenvalue weighted by molar-refractivity contribution is -0.141. The monoisotopic (exact) mass is 376 g/mol. The Morgan fingerprint density at radius 1 is 1.37 bits per heavy atom. The highest BCUT2D eigenvalue weighted by atomic mass is 16.5. The number of aromatic nitrogens is 2. The SMILES string of the molecule is COC(=O)C[C@H]1CC[C@@H](CNC(=O)c2nc3ccccc3[nH]2)N1C.O=CO. The van der Waals surface area contributed by atoms with E-state index in [4.69, 9.17) is 14.6 Å². The summed E-state index contributed by atoms with van der Waals surface area (Å²) in [6.07, 6.45) is 2.26. The van der Waals surface area contributed by atoms with Crippen molar-refractivity contribution in [2.24, 2.45) is 0 Å². The van der Waals surface area contributed by atoms with Gasteiger partial charge < -0.3 is 20.1 Å². The molecule has 0 aliphatic carbocycles. The van der Waals surface area contributed by atoms with E-state index >= 15 is 0 Å². The Bertz CT molecular complexity index is 758. The molecule has 27 heavy (non-hydrogen) atoms. The van der Waals surface area contributed by atoms with Gasteiger partial charge in [-0.25, -0.2) is 4.98 Å². The molecule has 0 radical (unpaired) electrons. The Hall–Kier alpha value is -2.94. The lowest BCUT2D eigenvalue weighted by atomic mass is 10.1. The minimum absolute atomic E-state index is 0.172. The summed E-state index contributed by atoms with van der Waals surface area (Å²) in [5.41, 5.74) is 1.62. The minimum atomic E-state index is -0.250. The third-order valence-corrected chi connectivity index (χ3v) is 4.72. The molecular weight excluding hydrogens is 352 g/mol. The van der Waals surface area contributed by atoms with Crippen molar-refractivity contribution >= 4 is 29.4 Å². The quantitative estimate of drug-likeness (QED) is 0.525. The van der Waals surface area contributed by atoms with Gasteiger partial charge >= 0.3 is 5.97 Å². The van der Waals surface area contributed by atoms with Crippen LogP contribution in [0, 0.1) is 0 Å². The summed E-state index contributed by atoms with van der Waals surface area (Å²) in [7, 11) is 3.39. The number of rotatable bonds is 5. The molecule has 3 N–H and O–H groups in total. The Labute approximate surface area is 156 Å². The van der Waals surface area contributed by atoms with Gasteiger partial charge in [-0.05, 0) is 32.0 Å². The standard InChI is InChI=1S/C17H22N4O3.CH2O2/c1-21-11(9-15(22)24-2)7-8-12(21)10-18-17(23)16-19-13-5-3-4-6-14(13)20-16;2-1-3/h3-6,11-12H,7-10H2,1-2H3,(H,18,23)(H,19,20);1H,(H,2,3)/t11-,12+;/m1./s1. The zero-order chi connectivity index (χ0) is 19.8. The van der Waals surface area contributed by atoms with Crippen LogP contribution in [0.3, 0.4) is 0 Å². The minimum Gasteiger partial charge on any atom is -0.483 e. The number of imidazole rings is 1. The number of nitrogens with one attached hydrogen (secondary N) is 2. The summed E-state index contributed by atoms with van der Waals surface area (Å²) < 4.78 is 4.73. The Kier molecular flexibility index (Phi) is 7.30. The van der Waals surface area contributed by atoms with Crippen LogP contribution < -0.4 is 5.32 Å². The van der Waals surface area contributed by atoms with Crippen LogP contribution in [0.25, 0.3) is 11.0 Å². The van der Waals surface area contributed by atoms with Gasteiger partial charge in [-0.15, -0.1) is 0 Å². The molecule has 9 heteroatoms. The number of likely N-dealkylation sites (tertiary alicyclic amines) is 1. The number of H-pyrrole nitrogens is 1. The fraction of sp³-hybridized carbons (Fsp3) is 0.444. The maximum Gasteiger partial charge on any atom is 0.307 e. The summed E-state index contributed by atoms with van der Waals surface area (Å²) >= 11 is 0. The topological polar surface area (TPSA) is 125 Å². The molecule has 3 rings (SSSR count). The number of carboxylic acid groups (broad SMARTS) is 1. The predicted molar refractivity (Wildman–Crippen MR) is 98.3 cm³/mol. The summed E-state index contributed by atoms with van der Waals surface area (Å²) in [6.45, 7) is 0.282. The maximum absolute atomic E-state index is 12.3. The van der Waals surface area contributed by atoms with Crippen LogP contribution in [0.15, 0.2) is 24.3 Å². The van der Waals surface area contributed by atoms with Gasteiger partial charge in [0.1, 0.15) is 0 Å². The third kappa shape index (κ3) is 5.27. The molecule has 0 unspecified atom stereocenters. The lowest BCUT2D eigenvalue weighted by Gasteiger charge is -2.25. The molecule has 1 amide bonds. The van der Waals surface area contributed by atoms with E-state index in [0.717, 1.165) is 23.9 Å². The summed E-state index contributed by atoms with van der Waals surface area (Å²) in [4.78, 5) is 41.5. The van der Waals surface area contributed by atoms with Crippen molar-refractivity contribution in [3.8, 4) is 0 Å². The number of amides is 1. The zero-order valence-electron chi connectivity index (χ0n) is 15.3. The first-order chi connectivity index (χ1) is 13.0. The molecule has 1 aromatic carbocycles. The lowest BCUT2D eigenvalue weighted by Crippen LogP contribution is -2.41. The van der Waals surface area contributed by atoms with Crippen molar-refractivity contribution in [1.29, 1.82) is 0 Å². The fourth-order valence-electron chi connectivity index (χ4n) is 3.21. The molecule has 1 aliphatic heterocycles. The third-order valence-electron chi connectivity index (χ3n) is 4.72. The van der Waals surface area contributed by atoms with E-state index in [1.165, 1.54) is 7.11 Å². The number of hydrogen-bond acceptors (Lipinski definition) is 6. The van der Waals surface area contributed by atoms with E-state index in [-0.39, 0.29) is 30.4 Å². The molecule has 0 bridgehead atoms. The van der Waals surface area contributed by atoms with Crippen LogP contribution in [0.4, 0.5) is 0 Å². The molecule has 2 aromatic rings. The average Bonchev–Trinajstić information content (AvgIpc) is 3.24.